The fraction of sp³-hybridized carbons (Fsp3) is 1.00. The van der Waals surface area contributed by atoms with Gasteiger partial charge >= 0.3 is 70.4 Å². The van der Waals surface area contributed by atoms with Gasteiger partial charge in [0.25, 0.3) is 0 Å². The molecule has 4 nitrogen and oxygen atoms in total. The van der Waals surface area contributed by atoms with E-state index in [0.29, 0.717) is 6.42 Å². The summed E-state index contributed by atoms with van der Waals surface area (Å²) in [6.45, 7) is 0.00289. The minimum atomic E-state index is -1.01. The van der Waals surface area contributed by atoms with Gasteiger partial charge in [0.1, 0.15) is 0 Å². The summed E-state index contributed by atoms with van der Waals surface area (Å²) in [5, 5.41) is 35.2. The van der Waals surface area contributed by atoms with E-state index in [4.69, 9.17) is 15.3 Å². The van der Waals surface area contributed by atoms with Gasteiger partial charge in [-0.05, 0) is 0 Å². The Morgan fingerprint density at radius 3 is 2.09 bits per heavy atom. The zero-order valence-electron chi connectivity index (χ0n) is 5.92. The molecule has 4 N–H and O–H groups in total. The Bertz CT molecular complexity index is 132. The van der Waals surface area contributed by atoms with Crippen LogP contribution < -0.4 is 0 Å². The standard InChI is InChI=1S/C6H12O4Se/c7-2-1-3-4(8)5(9)6(10)11-3/h3-10H,1-2H2. The molecule has 0 aliphatic carbocycles. The van der Waals surface area contributed by atoms with Gasteiger partial charge in [-0.1, -0.05) is 0 Å². The van der Waals surface area contributed by atoms with Crippen LogP contribution in [0.1, 0.15) is 6.42 Å². The molecule has 0 aromatic carbocycles. The average molecular weight is 227 g/mol. The van der Waals surface area contributed by atoms with Gasteiger partial charge < -0.3 is 0 Å². The molecule has 0 saturated carbocycles. The van der Waals surface area contributed by atoms with E-state index in [1.54, 1.807) is 0 Å². The quantitative estimate of drug-likeness (QED) is 0.408. The van der Waals surface area contributed by atoms with Crippen molar-refractivity contribution in [3.05, 3.63) is 0 Å². The predicted molar refractivity (Wildman–Crippen MR) is 39.2 cm³/mol. The summed E-state index contributed by atoms with van der Waals surface area (Å²) in [6.07, 6.45) is -1.39. The molecule has 1 aliphatic heterocycles. The van der Waals surface area contributed by atoms with Crippen LogP contribution in [0, 0.1) is 0 Å². The van der Waals surface area contributed by atoms with E-state index in [1.807, 2.05) is 0 Å². The minimum absolute atomic E-state index is 0.00289. The Morgan fingerprint density at radius 1 is 1.09 bits per heavy atom. The summed E-state index contributed by atoms with van der Waals surface area (Å²) < 4.78 is 0. The second kappa shape index (κ2) is 3.85. The van der Waals surface area contributed by atoms with Crippen molar-refractivity contribution in [1.82, 2.24) is 0 Å². The maximum absolute atomic E-state index is 9.25. The molecule has 0 spiro atoms. The number of aliphatic hydroxyl groups excluding tert-OH is 4. The molecule has 11 heavy (non-hydrogen) atoms. The van der Waals surface area contributed by atoms with Crippen LogP contribution in [0.15, 0.2) is 0 Å². The van der Waals surface area contributed by atoms with E-state index in [9.17, 15) is 5.11 Å². The van der Waals surface area contributed by atoms with Crippen LogP contribution in [0.5, 0.6) is 0 Å². The van der Waals surface area contributed by atoms with Crippen molar-refractivity contribution in [2.45, 2.75) is 28.4 Å². The Hall–Kier alpha value is 0.359. The van der Waals surface area contributed by atoms with Crippen molar-refractivity contribution >= 4 is 15.0 Å². The van der Waals surface area contributed by atoms with Gasteiger partial charge in [-0.2, -0.15) is 0 Å². The SMILES string of the molecule is OCCC1[Se]C(O)C(O)C1O. The van der Waals surface area contributed by atoms with Crippen LogP contribution in [0.4, 0.5) is 0 Å². The molecule has 1 aliphatic rings. The van der Waals surface area contributed by atoms with Crippen molar-refractivity contribution in [1.29, 1.82) is 0 Å². The van der Waals surface area contributed by atoms with Crippen molar-refractivity contribution in [3.8, 4) is 0 Å². The topological polar surface area (TPSA) is 80.9 Å². The fourth-order valence-corrected chi connectivity index (χ4v) is 3.70. The first kappa shape index (κ1) is 9.45. The molecule has 66 valence electrons. The van der Waals surface area contributed by atoms with Crippen LogP contribution in [-0.2, 0) is 0 Å². The zero-order chi connectivity index (χ0) is 8.43. The second-order valence-corrected chi connectivity index (χ2v) is 5.41. The first-order chi connectivity index (χ1) is 5.16. The molecule has 4 atom stereocenters. The molecular formula is C6H12O4Se. The van der Waals surface area contributed by atoms with Gasteiger partial charge in [-0.3, -0.25) is 0 Å². The summed E-state index contributed by atoms with van der Waals surface area (Å²) in [7, 11) is 0. The summed E-state index contributed by atoms with van der Waals surface area (Å²) in [5.41, 5.74) is 0. The Kier molecular flexibility index (Phi) is 3.30. The van der Waals surface area contributed by atoms with Crippen LogP contribution in [-0.4, -0.2) is 59.2 Å². The van der Waals surface area contributed by atoms with Crippen LogP contribution in [0.3, 0.4) is 0 Å². The normalized spacial score (nSPS) is 44.7. The van der Waals surface area contributed by atoms with Crippen molar-refractivity contribution in [3.63, 3.8) is 0 Å². The third-order valence-corrected chi connectivity index (χ3v) is 4.73. The van der Waals surface area contributed by atoms with Gasteiger partial charge in [0.15, 0.2) is 0 Å². The van der Waals surface area contributed by atoms with Crippen molar-refractivity contribution in [2.24, 2.45) is 0 Å². The van der Waals surface area contributed by atoms with Gasteiger partial charge in [0.2, 0.25) is 0 Å². The van der Waals surface area contributed by atoms with Crippen molar-refractivity contribution < 1.29 is 20.4 Å². The molecular weight excluding hydrogens is 215 g/mol. The van der Waals surface area contributed by atoms with Gasteiger partial charge in [-0.15, -0.1) is 0 Å². The third-order valence-electron chi connectivity index (χ3n) is 1.75. The van der Waals surface area contributed by atoms with Crippen LogP contribution in [0.25, 0.3) is 0 Å². The van der Waals surface area contributed by atoms with Gasteiger partial charge in [-0.25, -0.2) is 0 Å². The summed E-state index contributed by atoms with van der Waals surface area (Å²) in [5.74, 6) is 0. The molecule has 1 heterocycles. The molecule has 0 radical (unpaired) electrons. The first-order valence-electron chi connectivity index (χ1n) is 3.47. The molecule has 4 unspecified atom stereocenters. The number of hydrogen-bond acceptors (Lipinski definition) is 4. The van der Waals surface area contributed by atoms with Crippen LogP contribution in [0.2, 0.25) is 4.82 Å². The summed E-state index contributed by atoms with van der Waals surface area (Å²) in [4.78, 5) is -0.0995. The number of rotatable bonds is 2. The molecule has 0 aromatic rings. The number of hydrogen-bond donors (Lipinski definition) is 4. The summed E-state index contributed by atoms with van der Waals surface area (Å²) in [6, 6.07) is 0. The van der Waals surface area contributed by atoms with E-state index < -0.39 is 17.2 Å². The zero-order valence-corrected chi connectivity index (χ0v) is 7.63. The molecule has 1 rings (SSSR count). The van der Waals surface area contributed by atoms with Gasteiger partial charge in [0.05, 0.1) is 0 Å². The third kappa shape index (κ3) is 1.93. The Balaban J connectivity index is 2.45. The Labute approximate surface area is 71.0 Å². The molecule has 5 heteroatoms. The first-order valence-corrected chi connectivity index (χ1v) is 5.45. The van der Waals surface area contributed by atoms with Crippen molar-refractivity contribution in [2.75, 3.05) is 6.61 Å². The van der Waals surface area contributed by atoms with E-state index in [-0.39, 0.29) is 26.4 Å². The van der Waals surface area contributed by atoms with Gasteiger partial charge in [0, 0.05) is 0 Å². The summed E-state index contributed by atoms with van der Waals surface area (Å²) >= 11 is -0.165. The maximum atomic E-state index is 9.25. The molecule has 1 saturated heterocycles. The monoisotopic (exact) mass is 228 g/mol. The predicted octanol–water partition coefficient (Wildman–Crippen LogP) is -2.08. The fourth-order valence-electron chi connectivity index (χ4n) is 1.09. The molecule has 1 fully saturated rings. The van der Waals surface area contributed by atoms with E-state index in [0.717, 1.165) is 0 Å². The number of aliphatic hydroxyl groups is 4. The van der Waals surface area contributed by atoms with Crippen LogP contribution >= 0.6 is 0 Å². The Morgan fingerprint density at radius 2 is 1.73 bits per heavy atom. The van der Waals surface area contributed by atoms with E-state index in [2.05, 4.69) is 0 Å². The average Bonchev–Trinajstić information content (AvgIpc) is 2.19. The van der Waals surface area contributed by atoms with E-state index in [1.165, 1.54) is 0 Å². The second-order valence-electron chi connectivity index (χ2n) is 2.56. The molecule has 0 amide bonds. The molecule has 0 aromatic heterocycles. The molecule has 0 bridgehead atoms. The van der Waals surface area contributed by atoms with E-state index >= 15 is 0 Å².